The third-order valence-corrected chi connectivity index (χ3v) is 2.46. The van der Waals surface area contributed by atoms with Crippen molar-refractivity contribution in [3.63, 3.8) is 0 Å². The lowest BCUT2D eigenvalue weighted by molar-refractivity contribution is 0.0267. The van der Waals surface area contributed by atoms with Gasteiger partial charge in [0.1, 0.15) is 0 Å². The van der Waals surface area contributed by atoms with Crippen molar-refractivity contribution in [3.8, 4) is 11.5 Å². The minimum Gasteiger partial charge on any atom is -0.504 e. The third kappa shape index (κ3) is 4.63. The molecule has 1 aromatic carbocycles. The van der Waals surface area contributed by atoms with Crippen LogP contribution in [0.15, 0.2) is 18.2 Å². The minimum absolute atomic E-state index is 0.0953. The van der Waals surface area contributed by atoms with Crippen molar-refractivity contribution < 1.29 is 19.3 Å². The van der Waals surface area contributed by atoms with Gasteiger partial charge in [-0.15, -0.1) is 0 Å². The SMILES string of the molecule is COCCOC(C)Cc1ccc(OC)c(O)c1. The van der Waals surface area contributed by atoms with Crippen LogP contribution in [0, 0.1) is 0 Å². The van der Waals surface area contributed by atoms with Crippen molar-refractivity contribution in [3.05, 3.63) is 23.8 Å². The maximum atomic E-state index is 9.63. The first-order chi connectivity index (χ1) is 8.17. The van der Waals surface area contributed by atoms with Crippen molar-refractivity contribution in [2.75, 3.05) is 27.4 Å². The van der Waals surface area contributed by atoms with E-state index in [0.29, 0.717) is 19.0 Å². The second kappa shape index (κ2) is 7.14. The van der Waals surface area contributed by atoms with Gasteiger partial charge in [-0.3, -0.25) is 0 Å². The molecule has 0 bridgehead atoms. The Morgan fingerprint density at radius 3 is 2.59 bits per heavy atom. The fourth-order valence-corrected chi connectivity index (χ4v) is 1.59. The first-order valence-electron chi connectivity index (χ1n) is 5.63. The molecule has 0 aliphatic carbocycles. The Hall–Kier alpha value is -1.26. The Morgan fingerprint density at radius 1 is 1.24 bits per heavy atom. The van der Waals surface area contributed by atoms with Gasteiger partial charge in [0.15, 0.2) is 11.5 Å². The minimum atomic E-state index is 0.0953. The summed E-state index contributed by atoms with van der Waals surface area (Å²) in [5.41, 5.74) is 1.02. The van der Waals surface area contributed by atoms with Crippen molar-refractivity contribution in [2.24, 2.45) is 0 Å². The zero-order valence-corrected chi connectivity index (χ0v) is 10.6. The van der Waals surface area contributed by atoms with Gasteiger partial charge in [0.2, 0.25) is 0 Å². The molecule has 0 spiro atoms. The fraction of sp³-hybridized carbons (Fsp3) is 0.538. The number of methoxy groups -OCH3 is 2. The van der Waals surface area contributed by atoms with E-state index in [1.54, 1.807) is 19.2 Å². The molecule has 4 heteroatoms. The van der Waals surface area contributed by atoms with Gasteiger partial charge in [-0.2, -0.15) is 0 Å². The summed E-state index contributed by atoms with van der Waals surface area (Å²) in [6.45, 7) is 3.18. The molecule has 4 nitrogen and oxygen atoms in total. The Bertz CT molecular complexity index is 338. The number of ether oxygens (including phenoxy) is 3. The van der Waals surface area contributed by atoms with E-state index in [-0.39, 0.29) is 11.9 Å². The van der Waals surface area contributed by atoms with Crippen molar-refractivity contribution in [2.45, 2.75) is 19.4 Å². The molecular formula is C13H20O4. The Labute approximate surface area is 102 Å². The number of hydrogen-bond acceptors (Lipinski definition) is 4. The maximum Gasteiger partial charge on any atom is 0.160 e. The predicted molar refractivity (Wildman–Crippen MR) is 65.7 cm³/mol. The van der Waals surface area contributed by atoms with E-state index in [9.17, 15) is 5.11 Å². The molecule has 1 N–H and O–H groups in total. The van der Waals surface area contributed by atoms with E-state index in [1.165, 1.54) is 7.11 Å². The van der Waals surface area contributed by atoms with Gasteiger partial charge in [0.05, 0.1) is 26.4 Å². The summed E-state index contributed by atoms with van der Waals surface area (Å²) in [7, 11) is 3.18. The number of aromatic hydroxyl groups is 1. The molecule has 0 fully saturated rings. The van der Waals surface area contributed by atoms with Crippen LogP contribution < -0.4 is 4.74 Å². The summed E-state index contributed by atoms with van der Waals surface area (Å²) in [5, 5.41) is 9.63. The van der Waals surface area contributed by atoms with Gasteiger partial charge < -0.3 is 19.3 Å². The number of phenols is 1. The molecule has 1 atom stereocenters. The topological polar surface area (TPSA) is 47.9 Å². The Kier molecular flexibility index (Phi) is 5.80. The largest absolute Gasteiger partial charge is 0.504 e. The van der Waals surface area contributed by atoms with Gasteiger partial charge in [-0.05, 0) is 31.0 Å². The van der Waals surface area contributed by atoms with Gasteiger partial charge in [0, 0.05) is 7.11 Å². The molecule has 96 valence electrons. The third-order valence-electron chi connectivity index (χ3n) is 2.46. The zero-order chi connectivity index (χ0) is 12.7. The first-order valence-corrected chi connectivity index (χ1v) is 5.63. The highest BCUT2D eigenvalue weighted by Gasteiger charge is 2.07. The smallest absolute Gasteiger partial charge is 0.160 e. The molecule has 0 amide bonds. The van der Waals surface area contributed by atoms with Crippen LogP contribution in [0.5, 0.6) is 11.5 Å². The molecular weight excluding hydrogens is 220 g/mol. The maximum absolute atomic E-state index is 9.63. The molecule has 0 aromatic heterocycles. The average Bonchev–Trinajstić information content (AvgIpc) is 2.29. The van der Waals surface area contributed by atoms with Crippen LogP contribution in [0.2, 0.25) is 0 Å². The molecule has 0 aliphatic heterocycles. The lowest BCUT2D eigenvalue weighted by atomic mass is 10.1. The van der Waals surface area contributed by atoms with Gasteiger partial charge in [0.25, 0.3) is 0 Å². The fourth-order valence-electron chi connectivity index (χ4n) is 1.59. The van der Waals surface area contributed by atoms with Gasteiger partial charge in [-0.1, -0.05) is 6.07 Å². The molecule has 17 heavy (non-hydrogen) atoms. The highest BCUT2D eigenvalue weighted by molar-refractivity contribution is 5.41. The van der Waals surface area contributed by atoms with Crippen molar-refractivity contribution >= 4 is 0 Å². The summed E-state index contributed by atoms with van der Waals surface area (Å²) in [4.78, 5) is 0. The molecule has 1 rings (SSSR count). The summed E-state index contributed by atoms with van der Waals surface area (Å²) >= 11 is 0. The average molecular weight is 240 g/mol. The lowest BCUT2D eigenvalue weighted by Gasteiger charge is -2.13. The van der Waals surface area contributed by atoms with Crippen LogP contribution in [0.25, 0.3) is 0 Å². The highest BCUT2D eigenvalue weighted by atomic mass is 16.5. The second-order valence-electron chi connectivity index (χ2n) is 3.88. The van der Waals surface area contributed by atoms with Crippen LogP contribution >= 0.6 is 0 Å². The van der Waals surface area contributed by atoms with Crippen LogP contribution in [0.3, 0.4) is 0 Å². The van der Waals surface area contributed by atoms with Crippen LogP contribution in [-0.4, -0.2) is 38.6 Å². The van der Waals surface area contributed by atoms with Gasteiger partial charge >= 0.3 is 0 Å². The quantitative estimate of drug-likeness (QED) is 0.740. The Balaban J connectivity index is 2.48. The zero-order valence-electron chi connectivity index (χ0n) is 10.6. The standard InChI is InChI=1S/C13H20O4/c1-10(17-7-6-15-2)8-11-4-5-13(16-3)12(14)9-11/h4-5,9-10,14H,6-8H2,1-3H3. The predicted octanol–water partition coefficient (Wildman–Crippen LogP) is 1.99. The summed E-state index contributed by atoms with van der Waals surface area (Å²) in [6, 6.07) is 5.39. The second-order valence-corrected chi connectivity index (χ2v) is 3.88. The number of benzene rings is 1. The molecule has 1 aromatic rings. The molecule has 0 aliphatic rings. The van der Waals surface area contributed by atoms with Crippen LogP contribution in [-0.2, 0) is 15.9 Å². The van der Waals surface area contributed by atoms with E-state index < -0.39 is 0 Å². The van der Waals surface area contributed by atoms with E-state index in [4.69, 9.17) is 14.2 Å². The molecule has 1 unspecified atom stereocenters. The molecule has 0 radical (unpaired) electrons. The molecule has 0 saturated carbocycles. The van der Waals surface area contributed by atoms with E-state index in [2.05, 4.69) is 0 Å². The molecule has 0 saturated heterocycles. The van der Waals surface area contributed by atoms with E-state index in [0.717, 1.165) is 12.0 Å². The normalized spacial score (nSPS) is 12.4. The number of phenolic OH excluding ortho intramolecular Hbond substituents is 1. The van der Waals surface area contributed by atoms with Crippen LogP contribution in [0.4, 0.5) is 0 Å². The first kappa shape index (κ1) is 13.8. The Morgan fingerprint density at radius 2 is 2.00 bits per heavy atom. The van der Waals surface area contributed by atoms with E-state index >= 15 is 0 Å². The lowest BCUT2D eigenvalue weighted by Crippen LogP contribution is -2.14. The monoisotopic (exact) mass is 240 g/mol. The summed E-state index contributed by atoms with van der Waals surface area (Å²) in [6.07, 6.45) is 0.847. The van der Waals surface area contributed by atoms with E-state index in [1.807, 2.05) is 13.0 Å². The van der Waals surface area contributed by atoms with Crippen molar-refractivity contribution in [1.82, 2.24) is 0 Å². The van der Waals surface area contributed by atoms with Gasteiger partial charge in [-0.25, -0.2) is 0 Å². The molecule has 0 heterocycles. The number of rotatable bonds is 7. The number of hydrogen-bond donors (Lipinski definition) is 1. The highest BCUT2D eigenvalue weighted by Crippen LogP contribution is 2.26. The summed E-state index contributed by atoms with van der Waals surface area (Å²) in [5.74, 6) is 0.649. The van der Waals surface area contributed by atoms with Crippen LogP contribution in [0.1, 0.15) is 12.5 Å². The summed E-state index contributed by atoms with van der Waals surface area (Å²) < 4.78 is 15.4. The van der Waals surface area contributed by atoms with Crippen molar-refractivity contribution in [1.29, 1.82) is 0 Å².